The molecule has 0 bridgehead atoms. The Morgan fingerprint density at radius 2 is 2.30 bits per heavy atom. The molecule has 0 unspecified atom stereocenters. The first-order valence-electron chi connectivity index (χ1n) is 6.25. The molecular formula is C14H14BrN3O2. The largest absolute Gasteiger partial charge is 0.492 e. The zero-order valence-electron chi connectivity index (χ0n) is 11.2. The number of hydrogen-bond donors (Lipinski definition) is 0. The smallest absolute Gasteiger partial charge is 0.239 e. The quantitative estimate of drug-likeness (QED) is 0.846. The maximum atomic E-state index is 12.7. The Morgan fingerprint density at radius 1 is 1.50 bits per heavy atom. The van der Waals surface area contributed by atoms with Gasteiger partial charge in [0.1, 0.15) is 24.1 Å². The highest BCUT2D eigenvalue weighted by atomic mass is 79.9. The second-order valence-electron chi connectivity index (χ2n) is 4.76. The number of amides is 1. The van der Waals surface area contributed by atoms with Crippen molar-refractivity contribution in [1.29, 1.82) is 0 Å². The normalized spacial score (nSPS) is 16.6. The standard InChI is InChI=1S/C14H14BrN3O2/c1-17(13-5-6-16-18(13)2)14(19)11-8-20-12-4-3-9(15)7-10(11)12/h3-7,11H,8H2,1-2H3/t11-/m1/s1. The summed E-state index contributed by atoms with van der Waals surface area (Å²) < 4.78 is 8.22. The number of benzene rings is 1. The highest BCUT2D eigenvalue weighted by Crippen LogP contribution is 2.37. The molecule has 0 aliphatic carbocycles. The molecule has 0 radical (unpaired) electrons. The van der Waals surface area contributed by atoms with Gasteiger partial charge in [0.15, 0.2) is 0 Å². The Balaban J connectivity index is 1.90. The van der Waals surface area contributed by atoms with Crippen LogP contribution >= 0.6 is 15.9 Å². The number of aromatic nitrogens is 2. The molecule has 1 aliphatic heterocycles. The highest BCUT2D eigenvalue weighted by Gasteiger charge is 2.33. The lowest BCUT2D eigenvalue weighted by Gasteiger charge is -2.20. The van der Waals surface area contributed by atoms with Crippen LogP contribution in [0.15, 0.2) is 34.9 Å². The van der Waals surface area contributed by atoms with Crippen molar-refractivity contribution in [3.8, 4) is 5.75 Å². The first kappa shape index (κ1) is 13.2. The minimum atomic E-state index is -0.276. The molecule has 0 saturated carbocycles. The van der Waals surface area contributed by atoms with Crippen LogP contribution in [-0.2, 0) is 11.8 Å². The predicted molar refractivity (Wildman–Crippen MR) is 79.0 cm³/mol. The number of carbonyl (C=O) groups is 1. The zero-order valence-corrected chi connectivity index (χ0v) is 12.8. The number of ether oxygens (including phenoxy) is 1. The van der Waals surface area contributed by atoms with E-state index in [1.54, 1.807) is 22.8 Å². The second-order valence-corrected chi connectivity index (χ2v) is 5.67. The first-order chi connectivity index (χ1) is 9.58. The van der Waals surface area contributed by atoms with Crippen LogP contribution in [0.3, 0.4) is 0 Å². The molecule has 6 heteroatoms. The maximum Gasteiger partial charge on any atom is 0.239 e. The van der Waals surface area contributed by atoms with Gasteiger partial charge in [-0.3, -0.25) is 14.4 Å². The molecule has 2 heterocycles. The van der Waals surface area contributed by atoms with Gasteiger partial charge in [-0.25, -0.2) is 0 Å². The summed E-state index contributed by atoms with van der Waals surface area (Å²) in [6, 6.07) is 7.56. The van der Waals surface area contributed by atoms with Crippen LogP contribution in [0.4, 0.5) is 5.82 Å². The van der Waals surface area contributed by atoms with Crippen molar-refractivity contribution < 1.29 is 9.53 Å². The monoisotopic (exact) mass is 335 g/mol. The Kier molecular flexibility index (Phi) is 3.25. The summed E-state index contributed by atoms with van der Waals surface area (Å²) >= 11 is 3.43. The molecule has 5 nitrogen and oxygen atoms in total. The molecule has 0 fully saturated rings. The van der Waals surface area contributed by atoms with Crippen molar-refractivity contribution >= 4 is 27.7 Å². The van der Waals surface area contributed by atoms with Gasteiger partial charge in [-0.1, -0.05) is 15.9 Å². The van der Waals surface area contributed by atoms with Crippen molar-refractivity contribution in [1.82, 2.24) is 9.78 Å². The summed E-state index contributed by atoms with van der Waals surface area (Å²) in [6.45, 7) is 0.382. The molecule has 0 N–H and O–H groups in total. The van der Waals surface area contributed by atoms with Gasteiger partial charge in [0, 0.05) is 30.2 Å². The van der Waals surface area contributed by atoms with E-state index >= 15 is 0 Å². The summed E-state index contributed by atoms with van der Waals surface area (Å²) in [4.78, 5) is 14.3. The molecule has 1 amide bonds. The average molecular weight is 336 g/mol. The molecule has 3 rings (SSSR count). The highest BCUT2D eigenvalue weighted by molar-refractivity contribution is 9.10. The minimum Gasteiger partial charge on any atom is -0.492 e. The van der Waals surface area contributed by atoms with Gasteiger partial charge < -0.3 is 4.74 Å². The summed E-state index contributed by atoms with van der Waals surface area (Å²) in [5.41, 5.74) is 0.929. The lowest BCUT2D eigenvalue weighted by atomic mass is 10.00. The molecule has 20 heavy (non-hydrogen) atoms. The summed E-state index contributed by atoms with van der Waals surface area (Å²) in [7, 11) is 3.57. The van der Waals surface area contributed by atoms with E-state index in [0.29, 0.717) is 6.61 Å². The van der Waals surface area contributed by atoms with E-state index < -0.39 is 0 Å². The van der Waals surface area contributed by atoms with E-state index in [-0.39, 0.29) is 11.8 Å². The number of halogens is 1. The number of likely N-dealkylation sites (N-methyl/N-ethyl adjacent to an activating group) is 1. The average Bonchev–Trinajstić information content (AvgIpc) is 3.03. The van der Waals surface area contributed by atoms with Crippen LogP contribution in [0.2, 0.25) is 0 Å². The molecular weight excluding hydrogens is 322 g/mol. The van der Waals surface area contributed by atoms with Crippen molar-refractivity contribution in [3.05, 3.63) is 40.5 Å². The Labute approximate surface area is 125 Å². The number of nitrogens with zero attached hydrogens (tertiary/aromatic N) is 3. The Morgan fingerprint density at radius 3 is 3.00 bits per heavy atom. The van der Waals surface area contributed by atoms with Gasteiger partial charge in [0.25, 0.3) is 0 Å². The van der Waals surface area contributed by atoms with E-state index in [1.165, 1.54) is 0 Å². The Bertz CT molecular complexity index is 668. The number of rotatable bonds is 2. The number of anilines is 1. The topological polar surface area (TPSA) is 47.4 Å². The maximum absolute atomic E-state index is 12.7. The van der Waals surface area contributed by atoms with Crippen molar-refractivity contribution in [2.24, 2.45) is 7.05 Å². The lowest BCUT2D eigenvalue weighted by Crippen LogP contribution is -2.33. The van der Waals surface area contributed by atoms with Gasteiger partial charge in [0.05, 0.1) is 6.20 Å². The molecule has 1 atom stereocenters. The summed E-state index contributed by atoms with van der Waals surface area (Å²) in [6.07, 6.45) is 1.68. The van der Waals surface area contributed by atoms with Crippen molar-refractivity contribution in [3.63, 3.8) is 0 Å². The number of aryl methyl sites for hydroxylation is 1. The molecule has 1 aromatic carbocycles. The third kappa shape index (κ3) is 2.10. The van der Waals surface area contributed by atoms with Crippen LogP contribution in [0, 0.1) is 0 Å². The van der Waals surface area contributed by atoms with E-state index in [9.17, 15) is 4.79 Å². The fourth-order valence-electron chi connectivity index (χ4n) is 2.43. The van der Waals surface area contributed by atoms with Gasteiger partial charge in [-0.15, -0.1) is 0 Å². The minimum absolute atomic E-state index is 0.00505. The summed E-state index contributed by atoms with van der Waals surface area (Å²) in [5, 5.41) is 4.09. The van der Waals surface area contributed by atoms with E-state index in [4.69, 9.17) is 4.74 Å². The first-order valence-corrected chi connectivity index (χ1v) is 7.05. The zero-order chi connectivity index (χ0) is 14.3. The third-order valence-corrected chi connectivity index (χ3v) is 4.01. The van der Waals surface area contributed by atoms with Crippen LogP contribution in [-0.4, -0.2) is 29.3 Å². The van der Waals surface area contributed by atoms with Crippen LogP contribution in [0.25, 0.3) is 0 Å². The molecule has 0 spiro atoms. The molecule has 104 valence electrons. The van der Waals surface area contributed by atoms with Crippen LogP contribution in [0.5, 0.6) is 5.75 Å². The van der Waals surface area contributed by atoms with Gasteiger partial charge in [-0.05, 0) is 18.2 Å². The van der Waals surface area contributed by atoms with Crippen molar-refractivity contribution in [2.75, 3.05) is 18.6 Å². The SMILES string of the molecule is CN(C(=O)[C@@H]1COc2ccc(Br)cc21)c1ccnn1C. The fourth-order valence-corrected chi connectivity index (χ4v) is 2.81. The fraction of sp³-hybridized carbons (Fsp3) is 0.286. The molecule has 1 aromatic heterocycles. The van der Waals surface area contributed by atoms with Gasteiger partial charge in [-0.2, -0.15) is 5.10 Å². The number of carbonyl (C=O) groups excluding carboxylic acids is 1. The second kappa shape index (κ2) is 4.94. The summed E-state index contributed by atoms with van der Waals surface area (Å²) in [5.74, 6) is 1.27. The molecule has 0 saturated heterocycles. The number of fused-ring (bicyclic) bond motifs is 1. The van der Waals surface area contributed by atoms with Gasteiger partial charge >= 0.3 is 0 Å². The van der Waals surface area contributed by atoms with E-state index in [1.807, 2.05) is 31.3 Å². The predicted octanol–water partition coefficient (Wildman–Crippen LogP) is 2.32. The van der Waals surface area contributed by atoms with Crippen molar-refractivity contribution in [2.45, 2.75) is 5.92 Å². The van der Waals surface area contributed by atoms with E-state index in [2.05, 4.69) is 21.0 Å². The van der Waals surface area contributed by atoms with Gasteiger partial charge in [0.2, 0.25) is 5.91 Å². The van der Waals surface area contributed by atoms with Crippen LogP contribution in [0.1, 0.15) is 11.5 Å². The number of hydrogen-bond acceptors (Lipinski definition) is 3. The van der Waals surface area contributed by atoms with Crippen LogP contribution < -0.4 is 9.64 Å². The third-order valence-electron chi connectivity index (χ3n) is 3.52. The lowest BCUT2D eigenvalue weighted by molar-refractivity contribution is -0.120. The molecule has 2 aromatic rings. The Hall–Kier alpha value is -1.82. The molecule has 1 aliphatic rings. The van der Waals surface area contributed by atoms with E-state index in [0.717, 1.165) is 21.6 Å².